The van der Waals surface area contributed by atoms with Crippen molar-refractivity contribution >= 4 is 11.6 Å². The van der Waals surface area contributed by atoms with Gasteiger partial charge >= 0.3 is 6.18 Å². The normalized spacial score (nSPS) is 11.5. The molecule has 0 saturated heterocycles. The Hall–Kier alpha value is -1.82. The molecule has 0 spiro atoms. The van der Waals surface area contributed by atoms with E-state index in [0.29, 0.717) is 22.0 Å². The Labute approximate surface area is 124 Å². The Morgan fingerprint density at radius 2 is 2.00 bits per heavy atom. The highest BCUT2D eigenvalue weighted by Gasteiger charge is 2.27. The molecule has 0 aliphatic carbocycles. The molecule has 2 rings (SSSR count). The number of nitrogens with zero attached hydrogens (tertiary/aromatic N) is 2. The smallest absolute Gasteiger partial charge is 0.389 e. The number of aromatic nitrogens is 2. The van der Waals surface area contributed by atoms with E-state index in [4.69, 9.17) is 16.3 Å². The van der Waals surface area contributed by atoms with Gasteiger partial charge in [0.1, 0.15) is 5.75 Å². The highest BCUT2D eigenvalue weighted by molar-refractivity contribution is 6.33. The summed E-state index contributed by atoms with van der Waals surface area (Å²) in [7, 11) is 1.47. The van der Waals surface area contributed by atoms with Crippen LogP contribution in [0.25, 0.3) is 11.4 Å². The van der Waals surface area contributed by atoms with E-state index in [2.05, 4.69) is 9.97 Å². The van der Waals surface area contributed by atoms with Crippen molar-refractivity contribution in [1.29, 1.82) is 0 Å². The molecule has 21 heavy (non-hydrogen) atoms. The van der Waals surface area contributed by atoms with Crippen molar-refractivity contribution < 1.29 is 17.9 Å². The van der Waals surface area contributed by atoms with Gasteiger partial charge in [-0.1, -0.05) is 17.7 Å². The van der Waals surface area contributed by atoms with Crippen LogP contribution < -0.4 is 4.74 Å². The van der Waals surface area contributed by atoms with Gasteiger partial charge in [-0.05, 0) is 24.6 Å². The Kier molecular flexibility index (Phi) is 4.67. The lowest BCUT2D eigenvalue weighted by atomic mass is 10.1. The first-order chi connectivity index (χ1) is 9.90. The Balaban J connectivity index is 2.34. The summed E-state index contributed by atoms with van der Waals surface area (Å²) < 4.78 is 42.0. The maximum absolute atomic E-state index is 12.3. The molecule has 7 heteroatoms. The summed E-state index contributed by atoms with van der Waals surface area (Å²) in [5.74, 6) is 0.715. The van der Waals surface area contributed by atoms with Gasteiger partial charge in [0, 0.05) is 18.3 Å². The first kappa shape index (κ1) is 15.6. The fourth-order valence-corrected chi connectivity index (χ4v) is 2.07. The van der Waals surface area contributed by atoms with Gasteiger partial charge < -0.3 is 4.74 Å². The molecular weight excluding hydrogens is 305 g/mol. The minimum atomic E-state index is -4.22. The van der Waals surface area contributed by atoms with Crippen LogP contribution in [0.4, 0.5) is 13.2 Å². The van der Waals surface area contributed by atoms with E-state index in [0.717, 1.165) is 0 Å². The molecular formula is C14H12ClF3N2O. The molecule has 0 aliphatic rings. The van der Waals surface area contributed by atoms with Crippen molar-refractivity contribution in [2.75, 3.05) is 7.11 Å². The molecule has 0 radical (unpaired) electrons. The first-order valence-electron chi connectivity index (χ1n) is 6.12. The summed E-state index contributed by atoms with van der Waals surface area (Å²) in [5.41, 5.74) is 0.773. The summed E-state index contributed by atoms with van der Waals surface area (Å²) >= 11 is 6.10. The maximum Gasteiger partial charge on any atom is 0.389 e. The Morgan fingerprint density at radius 3 is 2.67 bits per heavy atom. The zero-order chi connectivity index (χ0) is 15.5. The number of ether oxygens (including phenoxy) is 1. The third-order valence-corrected chi connectivity index (χ3v) is 3.11. The average molecular weight is 317 g/mol. The molecule has 1 aromatic heterocycles. The second-order valence-corrected chi connectivity index (χ2v) is 4.71. The van der Waals surface area contributed by atoms with Gasteiger partial charge in [0.2, 0.25) is 0 Å². The number of methoxy groups -OCH3 is 1. The minimum absolute atomic E-state index is 0.203. The molecule has 0 fully saturated rings. The number of hydrogen-bond acceptors (Lipinski definition) is 3. The highest BCUT2D eigenvalue weighted by Crippen LogP contribution is 2.34. The third-order valence-electron chi connectivity index (χ3n) is 2.80. The van der Waals surface area contributed by atoms with Crippen LogP contribution in [-0.2, 0) is 6.42 Å². The van der Waals surface area contributed by atoms with Gasteiger partial charge in [0.15, 0.2) is 5.82 Å². The van der Waals surface area contributed by atoms with E-state index in [-0.39, 0.29) is 12.2 Å². The Bertz CT molecular complexity index is 632. The van der Waals surface area contributed by atoms with Crippen LogP contribution in [-0.4, -0.2) is 23.3 Å². The van der Waals surface area contributed by atoms with Crippen molar-refractivity contribution in [2.45, 2.75) is 19.0 Å². The zero-order valence-corrected chi connectivity index (χ0v) is 11.9. The SMILES string of the molecule is COc1cccc(Cl)c1-c1nccc(CCC(F)(F)F)n1. The molecule has 0 atom stereocenters. The second-order valence-electron chi connectivity index (χ2n) is 4.30. The lowest BCUT2D eigenvalue weighted by Gasteiger charge is -2.10. The van der Waals surface area contributed by atoms with E-state index in [1.165, 1.54) is 19.4 Å². The number of halogens is 4. The number of rotatable bonds is 4. The average Bonchev–Trinajstić information content (AvgIpc) is 2.44. The summed E-state index contributed by atoms with van der Waals surface area (Å²) in [6.45, 7) is 0. The summed E-state index contributed by atoms with van der Waals surface area (Å²) in [6.07, 6.45) is -3.93. The van der Waals surface area contributed by atoms with Gasteiger partial charge in [-0.15, -0.1) is 0 Å². The number of aryl methyl sites for hydroxylation is 1. The molecule has 112 valence electrons. The standard InChI is InChI=1S/C14H12ClF3N2O/c1-21-11-4-2-3-10(15)12(11)13-19-8-6-9(20-13)5-7-14(16,17)18/h2-4,6,8H,5,7H2,1H3. The second kappa shape index (κ2) is 6.30. The summed E-state index contributed by atoms with van der Waals surface area (Å²) in [5, 5.41) is 0.377. The van der Waals surface area contributed by atoms with Crippen LogP contribution in [0.3, 0.4) is 0 Å². The molecule has 0 unspecified atom stereocenters. The first-order valence-corrected chi connectivity index (χ1v) is 6.50. The Morgan fingerprint density at radius 1 is 1.24 bits per heavy atom. The topological polar surface area (TPSA) is 35.0 Å². The van der Waals surface area contributed by atoms with E-state index < -0.39 is 12.6 Å². The minimum Gasteiger partial charge on any atom is -0.496 e. The van der Waals surface area contributed by atoms with Gasteiger partial charge in [0.05, 0.1) is 17.7 Å². The van der Waals surface area contributed by atoms with Gasteiger partial charge in [0.25, 0.3) is 0 Å². The van der Waals surface area contributed by atoms with Crippen molar-refractivity contribution in [1.82, 2.24) is 9.97 Å². The predicted octanol–water partition coefficient (Wildman–Crippen LogP) is 4.30. The van der Waals surface area contributed by atoms with E-state index in [1.54, 1.807) is 18.2 Å². The van der Waals surface area contributed by atoms with Crippen LogP contribution in [0.15, 0.2) is 30.5 Å². The summed E-state index contributed by atoms with van der Waals surface area (Å²) in [6, 6.07) is 6.49. The van der Waals surface area contributed by atoms with Crippen LogP contribution in [0.1, 0.15) is 12.1 Å². The van der Waals surface area contributed by atoms with Crippen molar-refractivity contribution in [3.63, 3.8) is 0 Å². The van der Waals surface area contributed by atoms with Crippen LogP contribution in [0, 0.1) is 0 Å². The molecule has 0 saturated carbocycles. The quantitative estimate of drug-likeness (QED) is 0.843. The molecule has 1 heterocycles. The molecule has 0 amide bonds. The predicted molar refractivity (Wildman–Crippen MR) is 73.4 cm³/mol. The van der Waals surface area contributed by atoms with Crippen molar-refractivity contribution in [3.8, 4) is 17.1 Å². The van der Waals surface area contributed by atoms with Crippen LogP contribution >= 0.6 is 11.6 Å². The van der Waals surface area contributed by atoms with Crippen molar-refractivity contribution in [3.05, 3.63) is 41.2 Å². The van der Waals surface area contributed by atoms with Crippen molar-refractivity contribution in [2.24, 2.45) is 0 Å². The molecule has 0 N–H and O–H groups in total. The fraction of sp³-hybridized carbons (Fsp3) is 0.286. The fourth-order valence-electron chi connectivity index (χ4n) is 1.82. The largest absolute Gasteiger partial charge is 0.496 e. The van der Waals surface area contributed by atoms with Gasteiger partial charge in [-0.25, -0.2) is 9.97 Å². The third kappa shape index (κ3) is 4.07. The molecule has 2 aromatic rings. The number of hydrogen-bond donors (Lipinski definition) is 0. The van der Waals surface area contributed by atoms with Crippen LogP contribution in [0.5, 0.6) is 5.75 Å². The molecule has 1 aromatic carbocycles. The van der Waals surface area contributed by atoms with Crippen LogP contribution in [0.2, 0.25) is 5.02 Å². The lowest BCUT2D eigenvalue weighted by molar-refractivity contribution is -0.134. The van der Waals surface area contributed by atoms with E-state index >= 15 is 0 Å². The number of alkyl halides is 3. The molecule has 3 nitrogen and oxygen atoms in total. The van der Waals surface area contributed by atoms with Gasteiger partial charge in [-0.3, -0.25) is 0 Å². The number of benzene rings is 1. The highest BCUT2D eigenvalue weighted by atomic mass is 35.5. The molecule has 0 aliphatic heterocycles. The maximum atomic E-state index is 12.3. The monoisotopic (exact) mass is 316 g/mol. The lowest BCUT2D eigenvalue weighted by Crippen LogP contribution is -2.09. The zero-order valence-electron chi connectivity index (χ0n) is 11.1. The van der Waals surface area contributed by atoms with E-state index in [9.17, 15) is 13.2 Å². The molecule has 0 bridgehead atoms. The van der Waals surface area contributed by atoms with Gasteiger partial charge in [-0.2, -0.15) is 13.2 Å². The summed E-state index contributed by atoms with van der Waals surface area (Å²) in [4.78, 5) is 8.21. The van der Waals surface area contributed by atoms with E-state index in [1.807, 2.05) is 0 Å².